The molecule has 27 heavy (non-hydrogen) atoms. The van der Waals surface area contributed by atoms with Crippen molar-refractivity contribution in [3.05, 3.63) is 29.8 Å². The number of imide groups is 1. The molecule has 4 rings (SSSR count). The van der Waals surface area contributed by atoms with Crippen LogP contribution in [-0.4, -0.2) is 74.2 Å². The van der Waals surface area contributed by atoms with Gasteiger partial charge in [0.25, 0.3) is 0 Å². The zero-order valence-electron chi connectivity index (χ0n) is 15.6. The molecule has 1 aromatic carbocycles. The number of ether oxygens (including phenoxy) is 2. The van der Waals surface area contributed by atoms with Gasteiger partial charge in [-0.3, -0.25) is 24.7 Å². The van der Waals surface area contributed by atoms with Crippen molar-refractivity contribution >= 4 is 11.8 Å². The number of benzene rings is 1. The number of carbonyl (C=O) groups is 2. The van der Waals surface area contributed by atoms with Crippen molar-refractivity contribution in [1.82, 2.24) is 15.1 Å². The lowest BCUT2D eigenvalue weighted by Crippen LogP contribution is -2.38. The monoisotopic (exact) mass is 373 g/mol. The van der Waals surface area contributed by atoms with Crippen molar-refractivity contribution in [2.75, 3.05) is 52.5 Å². The topological polar surface area (TPSA) is 71.1 Å². The minimum atomic E-state index is -0.511. The summed E-state index contributed by atoms with van der Waals surface area (Å²) in [5.41, 5.74) is 0.657. The van der Waals surface area contributed by atoms with Gasteiger partial charge in [-0.15, -0.1) is 0 Å². The summed E-state index contributed by atoms with van der Waals surface area (Å²) in [5.74, 6) is 0.635. The number of nitrogens with zero attached hydrogens (tertiary/aromatic N) is 2. The number of rotatable bonds is 6. The molecule has 7 heteroatoms. The van der Waals surface area contributed by atoms with E-state index in [1.807, 2.05) is 12.1 Å². The molecule has 3 aliphatic rings. The minimum absolute atomic E-state index is 0.102. The van der Waals surface area contributed by atoms with Crippen molar-refractivity contribution in [3.63, 3.8) is 0 Å². The van der Waals surface area contributed by atoms with Crippen LogP contribution in [0.5, 0.6) is 5.75 Å². The third-order valence-electron chi connectivity index (χ3n) is 5.75. The summed E-state index contributed by atoms with van der Waals surface area (Å²) in [6.45, 7) is 7.36. The first-order valence-corrected chi connectivity index (χ1v) is 9.71. The molecule has 3 saturated heterocycles. The Labute approximate surface area is 159 Å². The van der Waals surface area contributed by atoms with Crippen LogP contribution in [0.1, 0.15) is 18.4 Å². The van der Waals surface area contributed by atoms with Crippen LogP contribution in [0.25, 0.3) is 0 Å². The maximum absolute atomic E-state index is 12.1. The Morgan fingerprint density at radius 2 is 2.00 bits per heavy atom. The van der Waals surface area contributed by atoms with Crippen molar-refractivity contribution in [3.8, 4) is 5.75 Å². The molecular weight excluding hydrogens is 346 g/mol. The quantitative estimate of drug-likeness (QED) is 0.738. The predicted molar refractivity (Wildman–Crippen MR) is 99.3 cm³/mol. The zero-order valence-corrected chi connectivity index (χ0v) is 15.6. The van der Waals surface area contributed by atoms with Crippen LogP contribution in [0.15, 0.2) is 24.3 Å². The SMILES string of the molecule is O=C1CC2(CCN(Cc3cccc(OCCN4CCOCC4)c3)C2)C(=O)N1. The van der Waals surface area contributed by atoms with Crippen molar-refractivity contribution in [2.24, 2.45) is 5.41 Å². The van der Waals surface area contributed by atoms with E-state index in [0.29, 0.717) is 19.6 Å². The lowest BCUT2D eigenvalue weighted by atomic mass is 9.85. The normalized spacial score (nSPS) is 26.7. The number of likely N-dealkylation sites (tertiary alicyclic amines) is 1. The number of hydrogen-bond donors (Lipinski definition) is 1. The maximum atomic E-state index is 12.1. The molecule has 0 radical (unpaired) electrons. The number of amides is 2. The Morgan fingerprint density at radius 3 is 2.78 bits per heavy atom. The molecule has 3 aliphatic heterocycles. The fourth-order valence-electron chi connectivity index (χ4n) is 4.22. The Hall–Kier alpha value is -1.96. The first-order valence-electron chi connectivity index (χ1n) is 9.71. The molecule has 0 saturated carbocycles. The molecule has 3 heterocycles. The summed E-state index contributed by atoms with van der Waals surface area (Å²) in [6, 6.07) is 8.15. The van der Waals surface area contributed by atoms with Crippen LogP contribution in [0.4, 0.5) is 0 Å². The Bertz CT molecular complexity index is 704. The highest BCUT2D eigenvalue weighted by molar-refractivity contribution is 6.06. The Morgan fingerprint density at radius 1 is 1.15 bits per heavy atom. The molecule has 2 amide bonds. The van der Waals surface area contributed by atoms with E-state index in [-0.39, 0.29) is 11.8 Å². The summed E-state index contributed by atoms with van der Waals surface area (Å²) in [7, 11) is 0. The van der Waals surface area contributed by atoms with Gasteiger partial charge >= 0.3 is 0 Å². The second-order valence-electron chi connectivity index (χ2n) is 7.74. The molecule has 146 valence electrons. The highest BCUT2D eigenvalue weighted by atomic mass is 16.5. The molecule has 0 aromatic heterocycles. The fraction of sp³-hybridized carbons (Fsp3) is 0.600. The summed E-state index contributed by atoms with van der Waals surface area (Å²) in [6.07, 6.45) is 1.08. The molecule has 1 atom stereocenters. The van der Waals surface area contributed by atoms with Gasteiger partial charge in [0.05, 0.1) is 18.6 Å². The van der Waals surface area contributed by atoms with E-state index in [1.165, 1.54) is 5.56 Å². The number of carbonyl (C=O) groups excluding carboxylic acids is 2. The first kappa shape index (κ1) is 18.4. The molecule has 3 fully saturated rings. The summed E-state index contributed by atoms with van der Waals surface area (Å²) < 4.78 is 11.3. The average molecular weight is 373 g/mol. The molecule has 1 N–H and O–H groups in total. The van der Waals surface area contributed by atoms with Crippen molar-refractivity contribution in [2.45, 2.75) is 19.4 Å². The highest BCUT2D eigenvalue weighted by Crippen LogP contribution is 2.38. The van der Waals surface area contributed by atoms with Gasteiger partial charge in [-0.05, 0) is 30.7 Å². The highest BCUT2D eigenvalue weighted by Gasteiger charge is 2.50. The average Bonchev–Trinajstić information content (AvgIpc) is 3.18. The van der Waals surface area contributed by atoms with Crippen molar-refractivity contribution in [1.29, 1.82) is 0 Å². The smallest absolute Gasteiger partial charge is 0.234 e. The van der Waals surface area contributed by atoms with Gasteiger partial charge in [0.2, 0.25) is 11.8 Å². The van der Waals surface area contributed by atoms with Crippen LogP contribution >= 0.6 is 0 Å². The Kier molecular flexibility index (Phi) is 5.43. The standard InChI is InChI=1S/C20H27N3O4/c24-18-13-20(19(25)21-18)4-5-23(15-20)14-16-2-1-3-17(12-16)27-11-8-22-6-9-26-10-7-22/h1-3,12H,4-11,13-15H2,(H,21,24,25). The van der Waals surface area contributed by atoms with E-state index in [1.54, 1.807) is 0 Å². The van der Waals surface area contributed by atoms with Gasteiger partial charge in [0, 0.05) is 39.1 Å². The van der Waals surface area contributed by atoms with Gasteiger partial charge < -0.3 is 9.47 Å². The number of morpholine rings is 1. The van der Waals surface area contributed by atoms with Gasteiger partial charge in [-0.1, -0.05) is 12.1 Å². The van der Waals surface area contributed by atoms with E-state index in [9.17, 15) is 9.59 Å². The molecule has 1 spiro atoms. The molecule has 1 unspecified atom stereocenters. The second-order valence-corrected chi connectivity index (χ2v) is 7.74. The summed E-state index contributed by atoms with van der Waals surface area (Å²) in [5, 5.41) is 2.46. The molecule has 0 aliphatic carbocycles. The molecule has 7 nitrogen and oxygen atoms in total. The summed E-state index contributed by atoms with van der Waals surface area (Å²) in [4.78, 5) is 28.3. The third kappa shape index (κ3) is 4.31. The third-order valence-corrected chi connectivity index (χ3v) is 5.75. The van der Waals surface area contributed by atoms with Crippen LogP contribution < -0.4 is 10.1 Å². The maximum Gasteiger partial charge on any atom is 0.234 e. The molecule has 0 bridgehead atoms. The van der Waals surface area contributed by atoms with Crippen LogP contribution in [0.3, 0.4) is 0 Å². The second kappa shape index (κ2) is 7.96. The van der Waals surface area contributed by atoms with E-state index in [4.69, 9.17) is 9.47 Å². The Balaban J connectivity index is 1.28. The van der Waals surface area contributed by atoms with E-state index >= 15 is 0 Å². The number of hydrogen-bond acceptors (Lipinski definition) is 6. The van der Waals surface area contributed by atoms with Gasteiger partial charge in [0.1, 0.15) is 12.4 Å². The lowest BCUT2D eigenvalue weighted by molar-refractivity contribution is -0.128. The van der Waals surface area contributed by atoms with Crippen LogP contribution in [0, 0.1) is 5.41 Å². The van der Waals surface area contributed by atoms with E-state index in [2.05, 4.69) is 27.2 Å². The summed E-state index contributed by atoms with van der Waals surface area (Å²) >= 11 is 0. The first-order chi connectivity index (χ1) is 13.1. The molecule has 1 aromatic rings. The number of nitrogens with one attached hydrogen (secondary N) is 1. The van der Waals surface area contributed by atoms with Crippen LogP contribution in [0.2, 0.25) is 0 Å². The fourth-order valence-corrected chi connectivity index (χ4v) is 4.22. The van der Waals surface area contributed by atoms with Crippen LogP contribution in [-0.2, 0) is 20.9 Å². The van der Waals surface area contributed by atoms with E-state index in [0.717, 1.165) is 58.1 Å². The lowest BCUT2D eigenvalue weighted by Gasteiger charge is -2.26. The predicted octanol–water partition coefficient (Wildman–Crippen LogP) is 0.636. The van der Waals surface area contributed by atoms with Gasteiger partial charge in [0.15, 0.2) is 0 Å². The molecular formula is C20H27N3O4. The van der Waals surface area contributed by atoms with Gasteiger partial charge in [-0.2, -0.15) is 0 Å². The minimum Gasteiger partial charge on any atom is -0.492 e. The zero-order chi connectivity index (χ0) is 18.7. The largest absolute Gasteiger partial charge is 0.492 e. The van der Waals surface area contributed by atoms with E-state index < -0.39 is 5.41 Å². The van der Waals surface area contributed by atoms with Gasteiger partial charge in [-0.25, -0.2) is 0 Å². The van der Waals surface area contributed by atoms with Crippen molar-refractivity contribution < 1.29 is 19.1 Å².